The van der Waals surface area contributed by atoms with Crippen LogP contribution in [0.15, 0.2) is 48.7 Å². The van der Waals surface area contributed by atoms with Gasteiger partial charge in [0.2, 0.25) is 0 Å². The monoisotopic (exact) mass is 270 g/mol. The standard InChI is InChI=1S/C17H22N2O/c1-19(2)13-14-20-17-9-4-3-7-15(17)10-11-16-8-5-6-12-18-16/h3-9,12H,10-11,13-14H2,1-2H3. The summed E-state index contributed by atoms with van der Waals surface area (Å²) < 4.78 is 5.87. The molecule has 3 heteroatoms. The molecule has 2 rings (SSSR count). The highest BCUT2D eigenvalue weighted by Gasteiger charge is 2.04. The van der Waals surface area contributed by atoms with Gasteiger partial charge in [-0.25, -0.2) is 0 Å². The minimum absolute atomic E-state index is 0.716. The fourth-order valence-electron chi connectivity index (χ4n) is 2.00. The van der Waals surface area contributed by atoms with Gasteiger partial charge in [-0.2, -0.15) is 0 Å². The Morgan fingerprint density at radius 2 is 1.80 bits per heavy atom. The lowest BCUT2D eigenvalue weighted by Crippen LogP contribution is -2.19. The normalized spacial score (nSPS) is 10.8. The first-order valence-electron chi connectivity index (χ1n) is 7.01. The van der Waals surface area contributed by atoms with Crippen molar-refractivity contribution in [3.63, 3.8) is 0 Å². The van der Waals surface area contributed by atoms with Gasteiger partial charge in [0.05, 0.1) is 0 Å². The molecule has 1 aromatic heterocycles. The van der Waals surface area contributed by atoms with E-state index in [0.29, 0.717) is 6.61 Å². The molecule has 0 saturated carbocycles. The predicted octanol–water partition coefficient (Wildman–Crippen LogP) is 2.81. The van der Waals surface area contributed by atoms with E-state index in [4.69, 9.17) is 4.74 Å². The number of rotatable bonds is 7. The third-order valence-corrected chi connectivity index (χ3v) is 3.15. The lowest BCUT2D eigenvalue weighted by Gasteiger charge is -2.14. The van der Waals surface area contributed by atoms with Crippen LogP contribution in [0, 0.1) is 0 Å². The Kier molecular flexibility index (Phi) is 5.56. The van der Waals surface area contributed by atoms with Gasteiger partial charge in [-0.05, 0) is 50.7 Å². The van der Waals surface area contributed by atoms with Gasteiger partial charge in [-0.15, -0.1) is 0 Å². The molecule has 0 unspecified atom stereocenters. The quantitative estimate of drug-likeness (QED) is 0.773. The van der Waals surface area contributed by atoms with Crippen LogP contribution in [0.3, 0.4) is 0 Å². The van der Waals surface area contributed by atoms with E-state index in [-0.39, 0.29) is 0 Å². The van der Waals surface area contributed by atoms with Crippen LogP contribution in [-0.4, -0.2) is 37.1 Å². The van der Waals surface area contributed by atoms with Crippen LogP contribution < -0.4 is 4.74 Å². The first kappa shape index (κ1) is 14.5. The van der Waals surface area contributed by atoms with E-state index in [0.717, 1.165) is 30.8 Å². The molecule has 0 saturated heterocycles. The van der Waals surface area contributed by atoms with Gasteiger partial charge in [-0.3, -0.25) is 4.98 Å². The molecule has 0 atom stereocenters. The molecule has 106 valence electrons. The number of nitrogens with zero attached hydrogens (tertiary/aromatic N) is 2. The van der Waals surface area contributed by atoms with E-state index in [1.54, 1.807) is 0 Å². The smallest absolute Gasteiger partial charge is 0.122 e. The summed E-state index contributed by atoms with van der Waals surface area (Å²) in [5, 5.41) is 0. The highest BCUT2D eigenvalue weighted by Crippen LogP contribution is 2.19. The Hall–Kier alpha value is -1.87. The van der Waals surface area contributed by atoms with Crippen LogP contribution >= 0.6 is 0 Å². The fraction of sp³-hybridized carbons (Fsp3) is 0.353. The Balaban J connectivity index is 1.93. The van der Waals surface area contributed by atoms with E-state index >= 15 is 0 Å². The number of aryl methyl sites for hydroxylation is 2. The zero-order chi connectivity index (χ0) is 14.2. The maximum absolute atomic E-state index is 5.87. The topological polar surface area (TPSA) is 25.4 Å². The van der Waals surface area contributed by atoms with Crippen molar-refractivity contribution in [2.75, 3.05) is 27.2 Å². The Morgan fingerprint density at radius 3 is 2.55 bits per heavy atom. The van der Waals surface area contributed by atoms with Crippen molar-refractivity contribution in [1.82, 2.24) is 9.88 Å². The molecule has 0 amide bonds. The summed E-state index contributed by atoms with van der Waals surface area (Å²) in [5.74, 6) is 0.991. The van der Waals surface area contributed by atoms with Crippen molar-refractivity contribution >= 4 is 0 Å². The molecule has 0 aliphatic carbocycles. The van der Waals surface area contributed by atoms with E-state index < -0.39 is 0 Å². The molecular formula is C17H22N2O. The molecule has 0 fully saturated rings. The number of ether oxygens (including phenoxy) is 1. The van der Waals surface area contributed by atoms with Gasteiger partial charge in [0.15, 0.2) is 0 Å². The molecule has 20 heavy (non-hydrogen) atoms. The fourth-order valence-corrected chi connectivity index (χ4v) is 2.00. The summed E-state index contributed by atoms with van der Waals surface area (Å²) in [4.78, 5) is 6.48. The minimum atomic E-state index is 0.716. The lowest BCUT2D eigenvalue weighted by molar-refractivity contribution is 0.259. The van der Waals surface area contributed by atoms with Crippen LogP contribution in [0.4, 0.5) is 0 Å². The van der Waals surface area contributed by atoms with Gasteiger partial charge < -0.3 is 9.64 Å². The van der Waals surface area contributed by atoms with E-state index in [1.807, 2.05) is 30.5 Å². The van der Waals surface area contributed by atoms with Gasteiger partial charge in [-0.1, -0.05) is 24.3 Å². The summed E-state index contributed by atoms with van der Waals surface area (Å²) in [6, 6.07) is 14.3. The van der Waals surface area contributed by atoms with Crippen molar-refractivity contribution in [1.29, 1.82) is 0 Å². The molecule has 1 heterocycles. The number of pyridine rings is 1. The molecular weight excluding hydrogens is 248 g/mol. The molecule has 1 aromatic carbocycles. The first-order chi connectivity index (χ1) is 9.75. The third kappa shape index (κ3) is 4.67. The molecule has 0 bridgehead atoms. The number of hydrogen-bond donors (Lipinski definition) is 0. The molecule has 2 aromatic rings. The van der Waals surface area contributed by atoms with E-state index in [2.05, 4.69) is 42.2 Å². The largest absolute Gasteiger partial charge is 0.492 e. The number of hydrogen-bond acceptors (Lipinski definition) is 3. The summed E-state index contributed by atoms with van der Waals surface area (Å²) in [7, 11) is 4.10. The molecule has 0 aliphatic heterocycles. The van der Waals surface area contributed by atoms with Crippen LogP contribution in [0.5, 0.6) is 5.75 Å². The zero-order valence-electron chi connectivity index (χ0n) is 12.2. The van der Waals surface area contributed by atoms with Crippen LogP contribution in [0.1, 0.15) is 11.3 Å². The second-order valence-electron chi connectivity index (χ2n) is 5.08. The van der Waals surface area contributed by atoms with Crippen molar-refractivity contribution < 1.29 is 4.74 Å². The number of likely N-dealkylation sites (N-methyl/N-ethyl adjacent to an activating group) is 1. The highest BCUT2D eigenvalue weighted by molar-refractivity contribution is 5.33. The SMILES string of the molecule is CN(C)CCOc1ccccc1CCc1ccccn1. The Morgan fingerprint density at radius 1 is 1.00 bits per heavy atom. The molecule has 0 radical (unpaired) electrons. The highest BCUT2D eigenvalue weighted by atomic mass is 16.5. The summed E-state index contributed by atoms with van der Waals surface area (Å²) in [6.45, 7) is 1.64. The van der Waals surface area contributed by atoms with Crippen molar-refractivity contribution in [3.05, 3.63) is 59.9 Å². The lowest BCUT2D eigenvalue weighted by atomic mass is 10.1. The Labute approximate surface area is 121 Å². The van der Waals surface area contributed by atoms with Crippen LogP contribution in [0.2, 0.25) is 0 Å². The van der Waals surface area contributed by atoms with E-state index in [1.165, 1.54) is 5.56 Å². The van der Waals surface area contributed by atoms with Crippen molar-refractivity contribution in [2.45, 2.75) is 12.8 Å². The van der Waals surface area contributed by atoms with Crippen molar-refractivity contribution in [3.8, 4) is 5.75 Å². The second-order valence-corrected chi connectivity index (χ2v) is 5.08. The maximum Gasteiger partial charge on any atom is 0.122 e. The van der Waals surface area contributed by atoms with Crippen LogP contribution in [0.25, 0.3) is 0 Å². The molecule has 0 spiro atoms. The molecule has 0 N–H and O–H groups in total. The van der Waals surface area contributed by atoms with Crippen LogP contribution in [-0.2, 0) is 12.8 Å². The zero-order valence-corrected chi connectivity index (χ0v) is 12.2. The summed E-state index contributed by atoms with van der Waals surface area (Å²) >= 11 is 0. The average Bonchev–Trinajstić information content (AvgIpc) is 2.47. The molecule has 3 nitrogen and oxygen atoms in total. The van der Waals surface area contributed by atoms with Crippen molar-refractivity contribution in [2.24, 2.45) is 0 Å². The summed E-state index contributed by atoms with van der Waals surface area (Å²) in [5.41, 5.74) is 2.37. The number of benzene rings is 1. The van der Waals surface area contributed by atoms with E-state index in [9.17, 15) is 0 Å². The molecule has 0 aliphatic rings. The first-order valence-corrected chi connectivity index (χ1v) is 7.01. The number of aromatic nitrogens is 1. The van der Waals surface area contributed by atoms with Gasteiger partial charge >= 0.3 is 0 Å². The number of para-hydroxylation sites is 1. The van der Waals surface area contributed by atoms with Gasteiger partial charge in [0.1, 0.15) is 12.4 Å². The maximum atomic E-state index is 5.87. The second kappa shape index (κ2) is 7.65. The van der Waals surface area contributed by atoms with Gasteiger partial charge in [0.25, 0.3) is 0 Å². The Bertz CT molecular complexity index is 511. The van der Waals surface area contributed by atoms with Gasteiger partial charge in [0, 0.05) is 18.4 Å². The third-order valence-electron chi connectivity index (χ3n) is 3.15. The minimum Gasteiger partial charge on any atom is -0.492 e. The average molecular weight is 270 g/mol. The summed E-state index contributed by atoms with van der Waals surface area (Å²) in [6.07, 6.45) is 3.73. The predicted molar refractivity (Wildman–Crippen MR) is 82.1 cm³/mol.